The van der Waals surface area contributed by atoms with E-state index in [1.807, 2.05) is 72.9 Å². The van der Waals surface area contributed by atoms with Crippen molar-refractivity contribution in [2.24, 2.45) is 25.7 Å². The molecule has 0 spiro atoms. The van der Waals surface area contributed by atoms with Crippen molar-refractivity contribution in [3.63, 3.8) is 0 Å². The zero-order valence-electron chi connectivity index (χ0n) is 26.8. The predicted octanol–water partition coefficient (Wildman–Crippen LogP) is 8.97. The molecular weight excluding hydrogens is 662 g/mol. The van der Waals surface area contributed by atoms with Crippen LogP contribution in [-0.4, -0.2) is 22.8 Å². The largest absolute Gasteiger partial charge is 0.396 e. The van der Waals surface area contributed by atoms with Gasteiger partial charge in [0.15, 0.2) is 0 Å². The molecule has 9 rings (SSSR count). The summed E-state index contributed by atoms with van der Waals surface area (Å²) < 4.78 is 0. The number of fused-ring (bicyclic) bond motifs is 4. The Hall–Kier alpha value is -6.20. The van der Waals surface area contributed by atoms with Gasteiger partial charge in [-0.3, -0.25) is 0 Å². The van der Waals surface area contributed by atoms with Crippen LogP contribution in [0.25, 0.3) is 22.3 Å². The molecule has 0 saturated heterocycles. The van der Waals surface area contributed by atoms with E-state index in [0.29, 0.717) is 11.4 Å². The predicted molar refractivity (Wildman–Crippen MR) is 203 cm³/mol. The summed E-state index contributed by atoms with van der Waals surface area (Å²) in [7, 11) is 0. The van der Waals surface area contributed by atoms with Crippen LogP contribution in [0.1, 0.15) is 22.3 Å². The summed E-state index contributed by atoms with van der Waals surface area (Å²) in [5, 5.41) is 0. The van der Waals surface area contributed by atoms with Crippen molar-refractivity contribution in [1.29, 1.82) is 0 Å². The van der Waals surface area contributed by atoms with Gasteiger partial charge >= 0.3 is 0 Å². The fourth-order valence-electron chi connectivity index (χ4n) is 6.76. The smallest absolute Gasteiger partial charge is 0.0895 e. The first-order valence-corrected chi connectivity index (χ1v) is 16.3. The third-order valence-corrected chi connectivity index (χ3v) is 8.94. The molecule has 4 aromatic rings. The minimum atomic E-state index is 0. The van der Waals surface area contributed by atoms with Crippen molar-refractivity contribution in [1.82, 2.24) is 0 Å². The van der Waals surface area contributed by atoms with Crippen LogP contribution in [0.4, 0.5) is 0 Å². The quantitative estimate of drug-likeness (QED) is 0.213. The molecule has 6 heteroatoms. The zero-order valence-corrected chi connectivity index (χ0v) is 27.7. The fraction of sp³-hybridized carbons (Fsp3) is 0. The number of benzene rings is 4. The molecule has 4 aromatic carbocycles. The van der Waals surface area contributed by atoms with Crippen LogP contribution in [0.3, 0.4) is 0 Å². The average molecular weight is 691 g/mol. The summed E-state index contributed by atoms with van der Waals surface area (Å²) in [6.07, 6.45) is 14.1. The number of aliphatic imine (C=N–C) groups is 4. The van der Waals surface area contributed by atoms with E-state index in [4.69, 9.17) is 25.7 Å². The maximum atomic E-state index is 7.10. The van der Waals surface area contributed by atoms with Crippen LogP contribution in [0, 0.1) is 0 Å². The Morgan fingerprint density at radius 2 is 0.860 bits per heavy atom. The van der Waals surface area contributed by atoms with Crippen LogP contribution >= 0.6 is 0 Å². The number of hydrogen-bond donors (Lipinski definition) is 1. The van der Waals surface area contributed by atoms with Gasteiger partial charge in [-0.1, -0.05) is 121 Å². The molecule has 0 fully saturated rings. The van der Waals surface area contributed by atoms with Gasteiger partial charge in [0, 0.05) is 39.4 Å². The molecular formula is C44H29CuN5. The van der Waals surface area contributed by atoms with Crippen molar-refractivity contribution in [2.75, 3.05) is 0 Å². The van der Waals surface area contributed by atoms with Crippen molar-refractivity contribution in [2.45, 2.75) is 0 Å². The Morgan fingerprint density at radius 1 is 0.400 bits per heavy atom. The van der Waals surface area contributed by atoms with Crippen molar-refractivity contribution >= 4 is 45.1 Å². The molecule has 0 saturated carbocycles. The maximum Gasteiger partial charge on any atom is 0.0895 e. The Kier molecular flexibility index (Phi) is 8.09. The van der Waals surface area contributed by atoms with E-state index in [-0.39, 0.29) is 17.1 Å². The minimum absolute atomic E-state index is 0. The molecule has 0 unspecified atom stereocenters. The third-order valence-electron chi connectivity index (χ3n) is 8.94. The summed E-state index contributed by atoms with van der Waals surface area (Å²) in [4.78, 5) is 20.7. The molecule has 241 valence electrons. The van der Waals surface area contributed by atoms with Crippen molar-refractivity contribution in [3.8, 4) is 0 Å². The fourth-order valence-corrected chi connectivity index (χ4v) is 6.76. The van der Waals surface area contributed by atoms with Crippen molar-refractivity contribution in [3.05, 3.63) is 215 Å². The zero-order chi connectivity index (χ0) is 32.7. The maximum absolute atomic E-state index is 7.10. The summed E-state index contributed by atoms with van der Waals surface area (Å²) in [6.45, 7) is 0. The summed E-state index contributed by atoms with van der Waals surface area (Å²) in [6, 6.07) is 41.6. The SMILES string of the molecule is NC1=C(c2ccccc2)C2=NC1=CC1=NC(=CC3=NC(=CC4=NC(=C2c2ccccc2)C(c2ccccc2)=C4c2ccccc2)C=C3)C=C1.[Cu]. The van der Waals surface area contributed by atoms with Gasteiger partial charge < -0.3 is 5.73 Å². The van der Waals surface area contributed by atoms with Gasteiger partial charge in [-0.25, -0.2) is 20.0 Å². The molecule has 5 nitrogen and oxygen atoms in total. The van der Waals surface area contributed by atoms with Gasteiger partial charge in [-0.15, -0.1) is 0 Å². The monoisotopic (exact) mass is 690 g/mol. The average Bonchev–Trinajstić information content (AvgIpc) is 3.94. The molecule has 5 aliphatic heterocycles. The second-order valence-electron chi connectivity index (χ2n) is 12.1. The van der Waals surface area contributed by atoms with E-state index >= 15 is 0 Å². The standard InChI is InChI=1S/C44H29N5.Cu/c45-42-37-27-35-24-22-33(47-35)25-32-21-23-34(46-32)26-36-38(28-13-5-1-6-14-28)39(29-15-7-2-8-16-29)43(48-36)41(31-19-11-4-12-20-31)44(49-37)40(42)30-17-9-3-10-18-30;/h1-27H,45H2;. The molecule has 0 amide bonds. The molecule has 2 N–H and O–H groups in total. The topological polar surface area (TPSA) is 75.5 Å². The second kappa shape index (κ2) is 13.0. The molecule has 50 heavy (non-hydrogen) atoms. The molecule has 5 heterocycles. The molecule has 5 aliphatic rings. The number of nitrogens with zero attached hydrogens (tertiary/aromatic N) is 4. The molecule has 1 radical (unpaired) electrons. The number of nitrogens with two attached hydrogens (primary N) is 1. The first-order chi connectivity index (χ1) is 24.2. The Labute approximate surface area is 301 Å². The van der Waals surface area contributed by atoms with Crippen LogP contribution in [-0.2, 0) is 17.1 Å². The van der Waals surface area contributed by atoms with Crippen LogP contribution in [0.2, 0.25) is 0 Å². The summed E-state index contributed by atoms with van der Waals surface area (Å²) in [5.74, 6) is 0. The van der Waals surface area contributed by atoms with Gasteiger partial charge in [0.2, 0.25) is 0 Å². The number of rotatable bonds is 4. The van der Waals surface area contributed by atoms with Crippen LogP contribution in [0.5, 0.6) is 0 Å². The minimum Gasteiger partial charge on any atom is -0.396 e. The number of allylic oxidation sites excluding steroid dienone is 11. The van der Waals surface area contributed by atoms with E-state index < -0.39 is 0 Å². The molecule has 0 aromatic heterocycles. The van der Waals surface area contributed by atoms with Gasteiger partial charge in [0.25, 0.3) is 0 Å². The van der Waals surface area contributed by atoms with E-state index in [1.165, 1.54) is 0 Å². The summed E-state index contributed by atoms with van der Waals surface area (Å²) >= 11 is 0. The number of hydrogen-bond acceptors (Lipinski definition) is 5. The normalized spacial score (nSPS) is 17.6. The van der Waals surface area contributed by atoms with Crippen molar-refractivity contribution < 1.29 is 17.1 Å². The van der Waals surface area contributed by atoms with Crippen LogP contribution < -0.4 is 5.73 Å². The van der Waals surface area contributed by atoms with Gasteiger partial charge in [-0.2, -0.15) is 0 Å². The first-order valence-electron chi connectivity index (χ1n) is 16.3. The van der Waals surface area contributed by atoms with Gasteiger partial charge in [-0.05, 0) is 64.8 Å². The van der Waals surface area contributed by atoms with E-state index in [0.717, 1.165) is 84.5 Å². The molecule has 0 atom stereocenters. The van der Waals surface area contributed by atoms with Gasteiger partial charge in [0.05, 0.1) is 51.3 Å². The Bertz CT molecular complexity index is 2430. The van der Waals surface area contributed by atoms with E-state index in [2.05, 4.69) is 91.0 Å². The van der Waals surface area contributed by atoms with E-state index in [1.54, 1.807) is 0 Å². The Morgan fingerprint density at radius 3 is 1.42 bits per heavy atom. The van der Waals surface area contributed by atoms with E-state index in [9.17, 15) is 0 Å². The van der Waals surface area contributed by atoms with Crippen LogP contribution in [0.15, 0.2) is 212 Å². The van der Waals surface area contributed by atoms with Gasteiger partial charge in [0.1, 0.15) is 0 Å². The summed E-state index contributed by atoms with van der Waals surface area (Å²) in [5.41, 5.74) is 21.9. The first kappa shape index (κ1) is 31.1. The third kappa shape index (κ3) is 5.57. The molecule has 0 aliphatic carbocycles. The molecule has 8 bridgehead atoms. The second-order valence-corrected chi connectivity index (χ2v) is 12.1. The Balaban J connectivity index is 0.00000361.